The van der Waals surface area contributed by atoms with Gasteiger partial charge in [-0.25, -0.2) is 4.98 Å². The number of fused-ring (bicyclic) bond motifs is 1. The van der Waals surface area contributed by atoms with Gasteiger partial charge in [0.25, 0.3) is 5.91 Å². The molecule has 0 saturated carbocycles. The number of thiophene rings is 1. The molecular formula is C17H17N5OS. The third kappa shape index (κ3) is 2.76. The van der Waals surface area contributed by atoms with Crippen molar-refractivity contribution in [1.82, 2.24) is 19.7 Å². The van der Waals surface area contributed by atoms with E-state index in [4.69, 9.17) is 10.2 Å². The molecule has 3 heterocycles. The van der Waals surface area contributed by atoms with Crippen LogP contribution < -0.4 is 0 Å². The number of carbonyl (C=O) groups is 1. The highest BCUT2D eigenvalue weighted by Gasteiger charge is 2.21. The minimum Gasteiger partial charge on any atom is -0.341 e. The molecule has 1 amide bonds. The highest BCUT2D eigenvalue weighted by molar-refractivity contribution is 7.13. The molecule has 0 aliphatic rings. The van der Waals surface area contributed by atoms with Gasteiger partial charge in [0.15, 0.2) is 5.65 Å². The Labute approximate surface area is 144 Å². The second-order valence-electron chi connectivity index (χ2n) is 5.57. The molecule has 0 aromatic carbocycles. The lowest BCUT2D eigenvalue weighted by atomic mass is 10.1. The van der Waals surface area contributed by atoms with Gasteiger partial charge in [0, 0.05) is 20.6 Å². The SMILES string of the molecule is Cc1nn(C)c2nc(-c3cccs3)cc(C(=O)N(C)CCC#N)c12. The summed E-state index contributed by atoms with van der Waals surface area (Å²) in [7, 11) is 3.54. The molecule has 122 valence electrons. The summed E-state index contributed by atoms with van der Waals surface area (Å²) in [5, 5.41) is 15.9. The maximum absolute atomic E-state index is 12.9. The van der Waals surface area contributed by atoms with Crippen LogP contribution >= 0.6 is 11.3 Å². The molecule has 0 radical (unpaired) electrons. The van der Waals surface area contributed by atoms with E-state index in [1.165, 1.54) is 0 Å². The lowest BCUT2D eigenvalue weighted by molar-refractivity contribution is 0.0800. The van der Waals surface area contributed by atoms with Gasteiger partial charge in [-0.1, -0.05) is 6.07 Å². The predicted octanol–water partition coefficient (Wildman–Crippen LogP) is 2.99. The van der Waals surface area contributed by atoms with Gasteiger partial charge in [0.2, 0.25) is 0 Å². The van der Waals surface area contributed by atoms with E-state index < -0.39 is 0 Å². The smallest absolute Gasteiger partial charge is 0.254 e. The number of carbonyl (C=O) groups excluding carboxylic acids is 1. The van der Waals surface area contributed by atoms with Gasteiger partial charge in [0.1, 0.15) is 0 Å². The summed E-state index contributed by atoms with van der Waals surface area (Å²) in [6, 6.07) is 7.84. The molecule has 0 bridgehead atoms. The summed E-state index contributed by atoms with van der Waals surface area (Å²) < 4.78 is 1.70. The van der Waals surface area contributed by atoms with E-state index in [0.29, 0.717) is 24.2 Å². The Morgan fingerprint density at radius 3 is 2.96 bits per heavy atom. The molecule has 24 heavy (non-hydrogen) atoms. The Morgan fingerprint density at radius 2 is 2.29 bits per heavy atom. The molecule has 3 aromatic rings. The molecule has 6 nitrogen and oxygen atoms in total. The van der Waals surface area contributed by atoms with Crippen LogP contribution in [0.15, 0.2) is 23.6 Å². The summed E-state index contributed by atoms with van der Waals surface area (Å²) in [6.07, 6.45) is 0.306. The van der Waals surface area contributed by atoms with Gasteiger partial charge in [-0.2, -0.15) is 10.4 Å². The first-order valence-corrected chi connectivity index (χ1v) is 8.41. The molecule has 0 aliphatic heterocycles. The number of hydrogen-bond acceptors (Lipinski definition) is 5. The molecular weight excluding hydrogens is 322 g/mol. The minimum atomic E-state index is -0.119. The Kier molecular flexibility index (Phi) is 4.32. The van der Waals surface area contributed by atoms with Crippen molar-refractivity contribution in [2.45, 2.75) is 13.3 Å². The van der Waals surface area contributed by atoms with Crippen LogP contribution in [-0.2, 0) is 7.05 Å². The van der Waals surface area contributed by atoms with Gasteiger partial charge >= 0.3 is 0 Å². The second kappa shape index (κ2) is 6.42. The molecule has 0 unspecified atom stereocenters. The molecule has 0 fully saturated rings. The zero-order valence-electron chi connectivity index (χ0n) is 13.8. The number of hydrogen-bond donors (Lipinski definition) is 0. The third-order valence-corrected chi connectivity index (χ3v) is 4.77. The monoisotopic (exact) mass is 339 g/mol. The molecule has 0 aliphatic carbocycles. The molecule has 3 rings (SSSR count). The fourth-order valence-electron chi connectivity index (χ4n) is 2.69. The number of nitriles is 1. The van der Waals surface area contributed by atoms with Gasteiger partial charge in [0.05, 0.1) is 39.7 Å². The van der Waals surface area contributed by atoms with Crippen molar-refractivity contribution >= 4 is 28.3 Å². The Bertz CT molecular complexity index is 936. The summed E-state index contributed by atoms with van der Waals surface area (Å²) in [4.78, 5) is 20.2. The molecule has 0 saturated heterocycles. The number of aryl methyl sites for hydroxylation is 2. The number of rotatable bonds is 4. The first-order valence-electron chi connectivity index (χ1n) is 7.53. The maximum Gasteiger partial charge on any atom is 0.254 e. The third-order valence-electron chi connectivity index (χ3n) is 3.88. The van der Waals surface area contributed by atoms with Crippen LogP contribution in [0.4, 0.5) is 0 Å². The number of amides is 1. The van der Waals surface area contributed by atoms with E-state index in [-0.39, 0.29) is 5.91 Å². The lowest BCUT2D eigenvalue weighted by Gasteiger charge is -2.16. The van der Waals surface area contributed by atoms with Crippen LogP contribution in [-0.4, -0.2) is 39.2 Å². The van der Waals surface area contributed by atoms with Crippen LogP contribution in [0.2, 0.25) is 0 Å². The summed E-state index contributed by atoms with van der Waals surface area (Å²) in [6.45, 7) is 2.27. The van der Waals surface area contributed by atoms with Gasteiger partial charge < -0.3 is 4.90 Å². The van der Waals surface area contributed by atoms with E-state index in [0.717, 1.165) is 21.7 Å². The van der Waals surface area contributed by atoms with Crippen LogP contribution in [0.25, 0.3) is 21.6 Å². The Balaban J connectivity index is 2.18. The van der Waals surface area contributed by atoms with Gasteiger partial charge in [-0.15, -0.1) is 11.3 Å². The van der Waals surface area contributed by atoms with Crippen LogP contribution in [0, 0.1) is 18.3 Å². The summed E-state index contributed by atoms with van der Waals surface area (Å²) >= 11 is 1.58. The van der Waals surface area contributed by atoms with Crippen LogP contribution in [0.3, 0.4) is 0 Å². The first-order chi connectivity index (χ1) is 11.5. The number of nitrogens with zero attached hydrogens (tertiary/aromatic N) is 5. The van der Waals surface area contributed by atoms with Crippen molar-refractivity contribution in [2.24, 2.45) is 7.05 Å². The topological polar surface area (TPSA) is 74.8 Å². The standard InChI is InChI=1S/C17H17N5OS/c1-11-15-12(17(23)21(2)8-5-7-18)10-13(14-6-4-9-24-14)19-16(15)22(3)20-11/h4,6,9-10H,5,8H2,1-3H3. The highest BCUT2D eigenvalue weighted by atomic mass is 32.1. The van der Waals surface area contributed by atoms with E-state index in [9.17, 15) is 4.79 Å². The van der Waals surface area contributed by atoms with Gasteiger partial charge in [-0.05, 0) is 24.4 Å². The minimum absolute atomic E-state index is 0.119. The van der Waals surface area contributed by atoms with Crippen molar-refractivity contribution in [3.8, 4) is 16.6 Å². The number of pyridine rings is 1. The average Bonchev–Trinajstić information content (AvgIpc) is 3.20. The van der Waals surface area contributed by atoms with Crippen LogP contribution in [0.5, 0.6) is 0 Å². The fourth-order valence-corrected chi connectivity index (χ4v) is 3.38. The van der Waals surface area contributed by atoms with Crippen molar-refractivity contribution in [2.75, 3.05) is 13.6 Å². The normalized spacial score (nSPS) is 10.8. The first kappa shape index (κ1) is 16.1. The van der Waals surface area contributed by atoms with E-state index >= 15 is 0 Å². The van der Waals surface area contributed by atoms with Crippen LogP contribution in [0.1, 0.15) is 22.5 Å². The zero-order valence-corrected chi connectivity index (χ0v) is 14.6. The van der Waals surface area contributed by atoms with Crippen molar-refractivity contribution in [3.05, 3.63) is 34.8 Å². The summed E-state index contributed by atoms with van der Waals surface area (Å²) in [5.41, 5.74) is 2.80. The summed E-state index contributed by atoms with van der Waals surface area (Å²) in [5.74, 6) is -0.119. The largest absolute Gasteiger partial charge is 0.341 e. The van der Waals surface area contributed by atoms with E-state index in [2.05, 4.69) is 11.2 Å². The Hall–Kier alpha value is -2.72. The van der Waals surface area contributed by atoms with E-state index in [1.54, 1.807) is 28.0 Å². The van der Waals surface area contributed by atoms with Crippen molar-refractivity contribution in [1.29, 1.82) is 5.26 Å². The lowest BCUT2D eigenvalue weighted by Crippen LogP contribution is -2.28. The predicted molar refractivity (Wildman–Crippen MR) is 93.7 cm³/mol. The van der Waals surface area contributed by atoms with Crippen molar-refractivity contribution < 1.29 is 4.79 Å². The average molecular weight is 339 g/mol. The highest BCUT2D eigenvalue weighted by Crippen LogP contribution is 2.29. The molecule has 3 aromatic heterocycles. The molecule has 0 N–H and O–H groups in total. The molecule has 7 heteroatoms. The van der Waals surface area contributed by atoms with Crippen molar-refractivity contribution in [3.63, 3.8) is 0 Å². The maximum atomic E-state index is 12.9. The molecule has 0 atom stereocenters. The second-order valence-corrected chi connectivity index (χ2v) is 6.52. The number of aromatic nitrogens is 3. The quantitative estimate of drug-likeness (QED) is 0.732. The zero-order chi connectivity index (χ0) is 17.3. The van der Waals surface area contributed by atoms with Gasteiger partial charge in [-0.3, -0.25) is 9.48 Å². The Morgan fingerprint density at radius 1 is 1.50 bits per heavy atom. The van der Waals surface area contributed by atoms with E-state index in [1.807, 2.05) is 37.6 Å². The molecule has 0 spiro atoms. The fraction of sp³-hybridized carbons (Fsp3) is 0.294.